The Hall–Kier alpha value is -3.46. The molecule has 0 unspecified atom stereocenters. The first kappa shape index (κ1) is 22.3. The zero-order valence-corrected chi connectivity index (χ0v) is 19.2. The maximum absolute atomic E-state index is 14.3. The number of hydrogen-bond acceptors (Lipinski definition) is 6. The fraction of sp³-hybridized carbons (Fsp3) is 0.192. The maximum Gasteiger partial charge on any atom is 0.335 e. The van der Waals surface area contributed by atoms with Crippen molar-refractivity contribution in [3.8, 4) is 0 Å². The van der Waals surface area contributed by atoms with Crippen LogP contribution in [0.25, 0.3) is 0 Å². The van der Waals surface area contributed by atoms with Gasteiger partial charge in [0.15, 0.2) is 0 Å². The average molecular weight is 478 g/mol. The van der Waals surface area contributed by atoms with Gasteiger partial charge in [-0.3, -0.25) is 0 Å². The Morgan fingerprint density at radius 2 is 1.50 bits per heavy atom. The van der Waals surface area contributed by atoms with Gasteiger partial charge in [-0.05, 0) is 17.7 Å². The molecular formula is C26H23NO6S. The molecule has 0 spiro atoms. The van der Waals surface area contributed by atoms with E-state index in [-0.39, 0.29) is 17.3 Å². The fourth-order valence-electron chi connectivity index (χ4n) is 4.60. The average Bonchev–Trinajstić information content (AvgIpc) is 3.47. The second-order valence-corrected chi connectivity index (χ2v) is 9.80. The summed E-state index contributed by atoms with van der Waals surface area (Å²) in [4.78, 5) is 12.4. The Labute approximate surface area is 198 Å². The Morgan fingerprint density at radius 3 is 2.12 bits per heavy atom. The minimum Gasteiger partial charge on any atom is -0.497 e. The summed E-state index contributed by atoms with van der Waals surface area (Å²) in [5, 5.41) is 0. The molecule has 1 saturated heterocycles. The third-order valence-electron chi connectivity index (χ3n) is 6.09. The van der Waals surface area contributed by atoms with Crippen molar-refractivity contribution in [1.29, 1.82) is 0 Å². The number of nitrogens with zero attached hydrogens (tertiary/aromatic N) is 1. The van der Waals surface area contributed by atoms with Gasteiger partial charge in [0.05, 0.1) is 30.7 Å². The SMILES string of the molecule is COC1=CC(=O)O[C@@H]1[C@]1(c2ccccc2)OC[C@@H](c2ccccc2)N1S(=O)(=O)c1ccccc1. The normalized spacial score (nSPS) is 25.1. The van der Waals surface area contributed by atoms with Crippen LogP contribution in [0.1, 0.15) is 17.2 Å². The lowest BCUT2D eigenvalue weighted by molar-refractivity contribution is -0.171. The highest BCUT2D eigenvalue weighted by Crippen LogP contribution is 2.52. The number of esters is 1. The number of carbonyl (C=O) groups is 1. The van der Waals surface area contributed by atoms with E-state index in [1.807, 2.05) is 36.4 Å². The van der Waals surface area contributed by atoms with Crippen molar-refractivity contribution in [2.24, 2.45) is 0 Å². The maximum atomic E-state index is 14.3. The summed E-state index contributed by atoms with van der Waals surface area (Å²) in [5.74, 6) is -0.434. The van der Waals surface area contributed by atoms with Crippen molar-refractivity contribution < 1.29 is 27.4 Å². The summed E-state index contributed by atoms with van der Waals surface area (Å²) >= 11 is 0. The van der Waals surface area contributed by atoms with Crippen LogP contribution in [-0.4, -0.2) is 38.5 Å². The molecule has 34 heavy (non-hydrogen) atoms. The molecule has 0 aromatic heterocycles. The van der Waals surface area contributed by atoms with Crippen LogP contribution in [0.3, 0.4) is 0 Å². The first-order valence-electron chi connectivity index (χ1n) is 10.8. The van der Waals surface area contributed by atoms with Crippen molar-refractivity contribution in [3.63, 3.8) is 0 Å². The second kappa shape index (κ2) is 8.72. The summed E-state index contributed by atoms with van der Waals surface area (Å²) < 4.78 is 47.5. The van der Waals surface area contributed by atoms with Crippen LogP contribution in [0.4, 0.5) is 0 Å². The summed E-state index contributed by atoms with van der Waals surface area (Å²) in [6.45, 7) is 0.0516. The van der Waals surface area contributed by atoms with Crippen molar-refractivity contribution in [2.45, 2.75) is 22.8 Å². The molecule has 7 nitrogen and oxygen atoms in total. The molecule has 3 aromatic carbocycles. The molecule has 5 rings (SSSR count). The molecule has 174 valence electrons. The molecular weight excluding hydrogens is 454 g/mol. The molecule has 8 heteroatoms. The van der Waals surface area contributed by atoms with Crippen molar-refractivity contribution in [3.05, 3.63) is 114 Å². The molecule has 0 bridgehead atoms. The third kappa shape index (κ3) is 3.51. The number of carbonyl (C=O) groups excluding carboxylic acids is 1. The standard InChI is InChI=1S/C26H23NO6S/c1-31-23-17-24(28)33-25(23)26(20-13-7-3-8-14-20)27(34(29,30)21-15-9-4-10-16-21)22(18-32-26)19-11-5-2-6-12-19/h2-17,22,25H,18H2,1H3/t22-,25-,26-/m0/s1. The lowest BCUT2D eigenvalue weighted by Gasteiger charge is -2.41. The van der Waals surface area contributed by atoms with Crippen LogP contribution in [0.2, 0.25) is 0 Å². The largest absolute Gasteiger partial charge is 0.497 e. The Kier molecular flexibility index (Phi) is 5.73. The number of sulfonamides is 1. The van der Waals surface area contributed by atoms with Gasteiger partial charge in [0.2, 0.25) is 21.9 Å². The minimum absolute atomic E-state index is 0.0516. The Morgan fingerprint density at radius 1 is 0.912 bits per heavy atom. The number of cyclic esters (lactones) is 1. The second-order valence-electron chi connectivity index (χ2n) is 7.98. The first-order chi connectivity index (χ1) is 16.5. The molecule has 0 amide bonds. The molecule has 1 fully saturated rings. The smallest absolute Gasteiger partial charge is 0.335 e. The van der Waals surface area contributed by atoms with E-state index in [1.54, 1.807) is 54.6 Å². The summed E-state index contributed by atoms with van der Waals surface area (Å²) in [6, 6.07) is 25.7. The predicted octanol–water partition coefficient (Wildman–Crippen LogP) is 3.76. The van der Waals surface area contributed by atoms with E-state index in [1.165, 1.54) is 17.5 Å². The van der Waals surface area contributed by atoms with Crippen LogP contribution in [-0.2, 0) is 34.8 Å². The molecule has 0 radical (unpaired) electrons. The molecule has 2 aliphatic heterocycles. The zero-order chi connectivity index (χ0) is 23.8. The number of methoxy groups -OCH3 is 1. The Bertz CT molecular complexity index is 1310. The number of hydrogen-bond donors (Lipinski definition) is 0. The van der Waals surface area contributed by atoms with Gasteiger partial charge < -0.3 is 14.2 Å². The topological polar surface area (TPSA) is 82.1 Å². The quantitative estimate of drug-likeness (QED) is 0.503. The van der Waals surface area contributed by atoms with Crippen LogP contribution < -0.4 is 0 Å². The molecule has 0 saturated carbocycles. The van der Waals surface area contributed by atoms with Gasteiger partial charge in [0.25, 0.3) is 0 Å². The predicted molar refractivity (Wildman–Crippen MR) is 124 cm³/mol. The summed E-state index contributed by atoms with van der Waals surface area (Å²) in [7, 11) is -2.73. The lowest BCUT2D eigenvalue weighted by atomic mass is 9.95. The zero-order valence-electron chi connectivity index (χ0n) is 18.4. The highest BCUT2D eigenvalue weighted by molar-refractivity contribution is 7.89. The summed E-state index contributed by atoms with van der Waals surface area (Å²) in [5.41, 5.74) is -0.410. The van der Waals surface area contributed by atoms with E-state index in [2.05, 4.69) is 0 Å². The van der Waals surface area contributed by atoms with Crippen LogP contribution in [0.5, 0.6) is 0 Å². The first-order valence-corrected chi connectivity index (χ1v) is 12.2. The molecule has 3 aromatic rings. The van der Waals surface area contributed by atoms with Gasteiger partial charge in [-0.25, -0.2) is 13.2 Å². The van der Waals surface area contributed by atoms with Gasteiger partial charge in [-0.2, -0.15) is 0 Å². The van der Waals surface area contributed by atoms with E-state index < -0.39 is 33.9 Å². The van der Waals surface area contributed by atoms with E-state index >= 15 is 0 Å². The van der Waals surface area contributed by atoms with Crippen LogP contribution in [0, 0.1) is 0 Å². The van der Waals surface area contributed by atoms with Crippen molar-refractivity contribution >= 4 is 16.0 Å². The van der Waals surface area contributed by atoms with Gasteiger partial charge >= 0.3 is 5.97 Å². The Balaban J connectivity index is 1.79. The third-order valence-corrected chi connectivity index (χ3v) is 8.00. The van der Waals surface area contributed by atoms with Gasteiger partial charge in [0, 0.05) is 5.56 Å². The van der Waals surface area contributed by atoms with E-state index in [0.29, 0.717) is 5.56 Å². The lowest BCUT2D eigenvalue weighted by Crippen LogP contribution is -2.55. The van der Waals surface area contributed by atoms with Crippen LogP contribution in [0.15, 0.2) is 108 Å². The van der Waals surface area contributed by atoms with Crippen molar-refractivity contribution in [1.82, 2.24) is 4.31 Å². The van der Waals surface area contributed by atoms with Gasteiger partial charge in [0.1, 0.15) is 5.76 Å². The van der Waals surface area contributed by atoms with Gasteiger partial charge in [-0.1, -0.05) is 78.9 Å². The number of benzene rings is 3. The molecule has 0 N–H and O–H groups in total. The molecule has 2 aliphatic rings. The highest BCUT2D eigenvalue weighted by Gasteiger charge is 2.63. The molecule has 3 atom stereocenters. The van der Waals surface area contributed by atoms with Crippen molar-refractivity contribution in [2.75, 3.05) is 13.7 Å². The highest BCUT2D eigenvalue weighted by atomic mass is 32.2. The van der Waals surface area contributed by atoms with Gasteiger partial charge in [-0.15, -0.1) is 4.31 Å². The van der Waals surface area contributed by atoms with E-state index in [9.17, 15) is 13.2 Å². The monoisotopic (exact) mass is 477 g/mol. The number of rotatable bonds is 6. The fourth-order valence-corrected chi connectivity index (χ4v) is 6.45. The number of ether oxygens (including phenoxy) is 3. The summed E-state index contributed by atoms with van der Waals surface area (Å²) in [6.07, 6.45) is 0.0848. The molecule has 0 aliphatic carbocycles. The molecule has 2 heterocycles. The van der Waals surface area contributed by atoms with Crippen LogP contribution >= 0.6 is 0 Å². The van der Waals surface area contributed by atoms with E-state index in [4.69, 9.17) is 14.2 Å². The minimum atomic E-state index is -4.14. The van der Waals surface area contributed by atoms with E-state index in [0.717, 1.165) is 5.56 Å².